The predicted molar refractivity (Wildman–Crippen MR) is 102 cm³/mol. The topological polar surface area (TPSA) is 70.5 Å². The highest BCUT2D eigenvalue weighted by Crippen LogP contribution is 2.26. The number of nitrogens with zero attached hydrogens (tertiary/aromatic N) is 4. The van der Waals surface area contributed by atoms with E-state index in [4.69, 9.17) is 0 Å². The van der Waals surface area contributed by atoms with Gasteiger partial charge in [0.15, 0.2) is 0 Å². The SMILES string of the molecule is CNC(C(=O)N1CCN(C(=O)C2CCCCC2)CC1)c1cnn(C)c1.Cl. The Bertz CT molecular complexity index is 606. The van der Waals surface area contributed by atoms with Crippen LogP contribution in [0, 0.1) is 5.92 Å². The Hall–Kier alpha value is -1.60. The van der Waals surface area contributed by atoms with Crippen LogP contribution in [0.2, 0.25) is 0 Å². The molecule has 0 radical (unpaired) electrons. The standard InChI is InChI=1S/C18H29N5O2.ClH/c1-19-16(15-12-20-21(2)13-15)18(25)23-10-8-22(9-11-23)17(24)14-6-4-3-5-7-14;/h12-14,16,19H,3-11H2,1-2H3;1H. The number of carbonyl (C=O) groups excluding carboxylic acids is 2. The van der Waals surface area contributed by atoms with Gasteiger partial charge in [-0.25, -0.2) is 0 Å². The van der Waals surface area contributed by atoms with Gasteiger partial charge < -0.3 is 15.1 Å². The number of hydrogen-bond donors (Lipinski definition) is 1. The Morgan fingerprint density at radius 2 is 1.73 bits per heavy atom. The molecule has 1 aliphatic carbocycles. The first-order chi connectivity index (χ1) is 12.1. The van der Waals surface area contributed by atoms with E-state index in [1.54, 1.807) is 17.9 Å². The highest BCUT2D eigenvalue weighted by molar-refractivity contribution is 5.85. The van der Waals surface area contributed by atoms with Crippen LogP contribution in [0.5, 0.6) is 0 Å². The maximum atomic E-state index is 12.8. The third-order valence-corrected chi connectivity index (χ3v) is 5.45. The third-order valence-electron chi connectivity index (χ3n) is 5.45. The van der Waals surface area contributed by atoms with Crippen molar-refractivity contribution in [1.82, 2.24) is 24.9 Å². The van der Waals surface area contributed by atoms with Crippen LogP contribution in [-0.2, 0) is 16.6 Å². The van der Waals surface area contributed by atoms with Gasteiger partial charge in [-0.3, -0.25) is 14.3 Å². The normalized spacial score (nSPS) is 19.8. The first-order valence-corrected chi connectivity index (χ1v) is 9.33. The molecule has 0 spiro atoms. The summed E-state index contributed by atoms with van der Waals surface area (Å²) in [5.74, 6) is 0.556. The van der Waals surface area contributed by atoms with Crippen molar-refractivity contribution in [2.45, 2.75) is 38.1 Å². The Balaban J connectivity index is 0.00000243. The van der Waals surface area contributed by atoms with Gasteiger partial charge in [0.1, 0.15) is 6.04 Å². The van der Waals surface area contributed by atoms with E-state index in [-0.39, 0.29) is 30.3 Å². The number of piperazine rings is 1. The van der Waals surface area contributed by atoms with Crippen LogP contribution in [0.15, 0.2) is 12.4 Å². The molecule has 1 saturated heterocycles. The van der Waals surface area contributed by atoms with Crippen molar-refractivity contribution in [3.63, 3.8) is 0 Å². The number of aromatic nitrogens is 2. The lowest BCUT2D eigenvalue weighted by Gasteiger charge is -2.38. The van der Waals surface area contributed by atoms with E-state index < -0.39 is 0 Å². The number of carbonyl (C=O) groups is 2. The molecule has 1 unspecified atom stereocenters. The van der Waals surface area contributed by atoms with E-state index in [2.05, 4.69) is 10.4 Å². The molecule has 1 atom stereocenters. The Labute approximate surface area is 161 Å². The van der Waals surface area contributed by atoms with Crippen LogP contribution in [0.4, 0.5) is 0 Å². The van der Waals surface area contributed by atoms with Gasteiger partial charge in [0.25, 0.3) is 0 Å². The lowest BCUT2D eigenvalue weighted by molar-refractivity contribution is -0.143. The first kappa shape index (κ1) is 20.7. The number of aryl methyl sites for hydroxylation is 1. The summed E-state index contributed by atoms with van der Waals surface area (Å²) < 4.78 is 1.70. The van der Waals surface area contributed by atoms with Crippen LogP contribution in [0.3, 0.4) is 0 Å². The van der Waals surface area contributed by atoms with E-state index in [0.717, 1.165) is 18.4 Å². The van der Waals surface area contributed by atoms with Crippen molar-refractivity contribution in [2.75, 3.05) is 33.2 Å². The molecule has 1 aromatic heterocycles. The minimum Gasteiger partial charge on any atom is -0.339 e. The highest BCUT2D eigenvalue weighted by Gasteiger charge is 2.32. The molecule has 1 N–H and O–H groups in total. The molecule has 1 aliphatic heterocycles. The van der Waals surface area contributed by atoms with Crippen molar-refractivity contribution in [3.8, 4) is 0 Å². The van der Waals surface area contributed by atoms with Gasteiger partial charge >= 0.3 is 0 Å². The smallest absolute Gasteiger partial charge is 0.244 e. The molecule has 8 heteroatoms. The van der Waals surface area contributed by atoms with Gasteiger partial charge in [-0.05, 0) is 19.9 Å². The molecule has 7 nitrogen and oxygen atoms in total. The summed E-state index contributed by atoms with van der Waals surface area (Å²) in [6, 6.07) is -0.380. The minimum atomic E-state index is -0.380. The molecular formula is C18H30ClN5O2. The largest absolute Gasteiger partial charge is 0.339 e. The van der Waals surface area contributed by atoms with Crippen molar-refractivity contribution >= 4 is 24.2 Å². The number of halogens is 1. The van der Waals surface area contributed by atoms with Gasteiger partial charge in [-0.1, -0.05) is 19.3 Å². The van der Waals surface area contributed by atoms with Gasteiger partial charge in [0, 0.05) is 50.9 Å². The zero-order valence-electron chi connectivity index (χ0n) is 15.7. The van der Waals surface area contributed by atoms with E-state index in [1.165, 1.54) is 19.3 Å². The molecule has 1 saturated carbocycles. The molecule has 2 heterocycles. The number of hydrogen-bond acceptors (Lipinski definition) is 4. The number of nitrogens with one attached hydrogen (secondary N) is 1. The maximum absolute atomic E-state index is 12.8. The molecule has 2 aliphatic rings. The Kier molecular flexibility index (Phi) is 7.46. The van der Waals surface area contributed by atoms with Gasteiger partial charge in [-0.15, -0.1) is 12.4 Å². The second kappa shape index (κ2) is 9.37. The van der Waals surface area contributed by atoms with Crippen LogP contribution in [0.1, 0.15) is 43.7 Å². The maximum Gasteiger partial charge on any atom is 0.244 e. The number of likely N-dealkylation sites (N-methyl/N-ethyl adjacent to an activating group) is 1. The summed E-state index contributed by atoms with van der Waals surface area (Å²) in [6.45, 7) is 2.50. The van der Waals surface area contributed by atoms with E-state index in [0.29, 0.717) is 32.1 Å². The molecule has 146 valence electrons. The molecular weight excluding hydrogens is 354 g/mol. The molecule has 1 aromatic rings. The first-order valence-electron chi connectivity index (χ1n) is 9.33. The summed E-state index contributed by atoms with van der Waals surface area (Å²) in [7, 11) is 3.63. The third kappa shape index (κ3) is 4.57. The highest BCUT2D eigenvalue weighted by atomic mass is 35.5. The van der Waals surface area contributed by atoms with Crippen molar-refractivity contribution in [1.29, 1.82) is 0 Å². The lowest BCUT2D eigenvalue weighted by Crippen LogP contribution is -2.53. The monoisotopic (exact) mass is 383 g/mol. The Morgan fingerprint density at radius 3 is 2.27 bits per heavy atom. The summed E-state index contributed by atoms with van der Waals surface area (Å²) >= 11 is 0. The van der Waals surface area contributed by atoms with E-state index in [1.807, 2.05) is 23.0 Å². The molecule has 26 heavy (non-hydrogen) atoms. The summed E-state index contributed by atoms with van der Waals surface area (Å²) in [4.78, 5) is 29.3. The quantitative estimate of drug-likeness (QED) is 0.852. The summed E-state index contributed by atoms with van der Waals surface area (Å²) in [5, 5.41) is 7.24. The second-order valence-corrected chi connectivity index (χ2v) is 7.15. The molecule has 2 fully saturated rings. The molecule has 3 rings (SSSR count). The van der Waals surface area contributed by atoms with Crippen LogP contribution >= 0.6 is 12.4 Å². The van der Waals surface area contributed by atoms with E-state index >= 15 is 0 Å². The lowest BCUT2D eigenvalue weighted by atomic mass is 9.88. The van der Waals surface area contributed by atoms with Gasteiger partial charge in [0.05, 0.1) is 6.20 Å². The van der Waals surface area contributed by atoms with Crippen LogP contribution < -0.4 is 5.32 Å². The summed E-state index contributed by atoms with van der Waals surface area (Å²) in [5.41, 5.74) is 0.871. The van der Waals surface area contributed by atoms with Gasteiger partial charge in [-0.2, -0.15) is 5.10 Å². The molecule has 0 aromatic carbocycles. The molecule has 0 bridgehead atoms. The van der Waals surface area contributed by atoms with Crippen LogP contribution in [-0.4, -0.2) is 64.6 Å². The fourth-order valence-electron chi connectivity index (χ4n) is 3.96. The minimum absolute atomic E-state index is 0. The fourth-order valence-corrected chi connectivity index (χ4v) is 3.96. The summed E-state index contributed by atoms with van der Waals surface area (Å²) in [6.07, 6.45) is 9.24. The average molecular weight is 384 g/mol. The zero-order valence-corrected chi connectivity index (χ0v) is 16.5. The van der Waals surface area contributed by atoms with Crippen molar-refractivity contribution < 1.29 is 9.59 Å². The fraction of sp³-hybridized carbons (Fsp3) is 0.722. The second-order valence-electron chi connectivity index (χ2n) is 7.15. The number of amides is 2. The van der Waals surface area contributed by atoms with Crippen molar-refractivity contribution in [3.05, 3.63) is 18.0 Å². The average Bonchev–Trinajstić information content (AvgIpc) is 3.08. The zero-order chi connectivity index (χ0) is 17.8. The predicted octanol–water partition coefficient (Wildman–Crippen LogP) is 1.35. The Morgan fingerprint density at radius 1 is 1.12 bits per heavy atom. The van der Waals surface area contributed by atoms with E-state index in [9.17, 15) is 9.59 Å². The number of rotatable bonds is 4. The van der Waals surface area contributed by atoms with Crippen molar-refractivity contribution in [2.24, 2.45) is 13.0 Å². The molecule has 2 amide bonds. The van der Waals surface area contributed by atoms with Gasteiger partial charge in [0.2, 0.25) is 11.8 Å². The van der Waals surface area contributed by atoms with Crippen LogP contribution in [0.25, 0.3) is 0 Å².